The predicted molar refractivity (Wildman–Crippen MR) is 81.6 cm³/mol. The van der Waals surface area contributed by atoms with Crippen LogP contribution in [0.3, 0.4) is 0 Å². The van der Waals surface area contributed by atoms with Gasteiger partial charge < -0.3 is 5.32 Å². The maximum absolute atomic E-state index is 11.8. The van der Waals surface area contributed by atoms with Crippen molar-refractivity contribution >= 4 is 28.8 Å². The molecule has 0 aliphatic rings. The van der Waals surface area contributed by atoms with Crippen LogP contribution in [0.1, 0.15) is 10.4 Å². The van der Waals surface area contributed by atoms with Crippen LogP contribution in [-0.2, 0) is 0 Å². The first kappa shape index (κ1) is 14.7. The van der Waals surface area contributed by atoms with Gasteiger partial charge in [-0.3, -0.25) is 14.9 Å². The number of nitrogens with one attached hydrogen (secondary N) is 1. The topological polar surface area (TPSA) is 72.2 Å². The average molecular weight is 303 g/mol. The summed E-state index contributed by atoms with van der Waals surface area (Å²) in [4.78, 5) is 22.2. The molecule has 0 amide bonds. The largest absolute Gasteiger partial charge is 0.356 e. The van der Waals surface area contributed by atoms with E-state index in [4.69, 9.17) is 11.6 Å². The molecule has 106 valence electrons. The number of allylic oxidation sites excluding steroid dienone is 1. The molecule has 0 radical (unpaired) electrons. The first-order valence-electron chi connectivity index (χ1n) is 6.04. The van der Waals surface area contributed by atoms with Crippen molar-refractivity contribution in [2.45, 2.75) is 0 Å². The highest BCUT2D eigenvalue weighted by Gasteiger charge is 2.13. The molecule has 0 unspecified atom stereocenters. The second-order valence-electron chi connectivity index (χ2n) is 4.13. The summed E-state index contributed by atoms with van der Waals surface area (Å²) in [5.74, 6) is -0.195. The molecule has 21 heavy (non-hydrogen) atoms. The number of ketones is 1. The van der Waals surface area contributed by atoms with Crippen molar-refractivity contribution in [3.63, 3.8) is 0 Å². The molecular formula is C15H11ClN2O3. The van der Waals surface area contributed by atoms with Gasteiger partial charge in [0.2, 0.25) is 0 Å². The van der Waals surface area contributed by atoms with Gasteiger partial charge in [0.15, 0.2) is 5.78 Å². The highest BCUT2D eigenvalue weighted by Crippen LogP contribution is 2.27. The number of halogens is 1. The van der Waals surface area contributed by atoms with Gasteiger partial charge in [0.05, 0.1) is 4.92 Å². The Morgan fingerprint density at radius 2 is 1.90 bits per heavy atom. The Morgan fingerprint density at radius 3 is 2.57 bits per heavy atom. The molecule has 0 saturated carbocycles. The molecule has 0 atom stereocenters. The van der Waals surface area contributed by atoms with Crippen molar-refractivity contribution in [2.24, 2.45) is 0 Å². The van der Waals surface area contributed by atoms with E-state index in [0.717, 1.165) is 0 Å². The Labute approximate surface area is 126 Å². The Kier molecular flexibility index (Phi) is 4.68. The molecule has 1 N–H and O–H groups in total. The van der Waals surface area contributed by atoms with Crippen LogP contribution in [0.2, 0.25) is 5.02 Å². The third-order valence-electron chi connectivity index (χ3n) is 2.69. The fourth-order valence-corrected chi connectivity index (χ4v) is 1.85. The molecule has 0 aliphatic carbocycles. The van der Waals surface area contributed by atoms with Gasteiger partial charge in [-0.15, -0.1) is 0 Å². The van der Waals surface area contributed by atoms with Gasteiger partial charge >= 0.3 is 0 Å². The van der Waals surface area contributed by atoms with E-state index in [1.54, 1.807) is 24.3 Å². The summed E-state index contributed by atoms with van der Waals surface area (Å²) in [6.07, 6.45) is 2.68. The molecule has 0 heterocycles. The minimum atomic E-state index is -0.541. The lowest BCUT2D eigenvalue weighted by Gasteiger charge is -2.02. The standard InChI is InChI=1S/C15H11ClN2O3/c16-12-6-7-13(14(10-12)18(20)21)17-9-8-15(19)11-4-2-1-3-5-11/h1-10,17H. The van der Waals surface area contributed by atoms with Crippen LogP contribution in [0, 0.1) is 10.1 Å². The van der Waals surface area contributed by atoms with Crippen molar-refractivity contribution in [1.29, 1.82) is 0 Å². The van der Waals surface area contributed by atoms with Gasteiger partial charge in [0.25, 0.3) is 5.69 Å². The highest BCUT2D eigenvalue weighted by atomic mass is 35.5. The summed E-state index contributed by atoms with van der Waals surface area (Å²) in [6, 6.07) is 13.0. The number of rotatable bonds is 5. The van der Waals surface area contributed by atoms with E-state index in [2.05, 4.69) is 5.32 Å². The monoisotopic (exact) mass is 302 g/mol. The molecule has 0 bridgehead atoms. The van der Waals surface area contributed by atoms with Gasteiger partial charge in [-0.05, 0) is 12.1 Å². The van der Waals surface area contributed by atoms with E-state index in [9.17, 15) is 14.9 Å². The minimum absolute atomic E-state index is 0.153. The first-order valence-corrected chi connectivity index (χ1v) is 6.42. The SMILES string of the molecule is O=C(C=CNc1ccc(Cl)cc1[N+](=O)[O-])c1ccccc1. The van der Waals surface area contributed by atoms with Gasteiger partial charge in [0, 0.05) is 28.9 Å². The zero-order valence-corrected chi connectivity index (χ0v) is 11.6. The summed E-state index contributed by atoms with van der Waals surface area (Å²) in [5, 5.41) is 13.9. The molecule has 5 nitrogen and oxygen atoms in total. The molecule has 2 aromatic rings. The van der Waals surface area contributed by atoms with Crippen LogP contribution >= 0.6 is 11.6 Å². The molecule has 0 saturated heterocycles. The lowest BCUT2D eigenvalue weighted by molar-refractivity contribution is -0.383. The van der Waals surface area contributed by atoms with Crippen molar-refractivity contribution in [3.05, 3.63) is 81.5 Å². The van der Waals surface area contributed by atoms with E-state index in [-0.39, 0.29) is 22.2 Å². The number of anilines is 1. The van der Waals surface area contributed by atoms with Crippen LogP contribution in [0.5, 0.6) is 0 Å². The van der Waals surface area contributed by atoms with Crippen LogP contribution in [0.4, 0.5) is 11.4 Å². The van der Waals surface area contributed by atoms with Gasteiger partial charge in [-0.2, -0.15) is 0 Å². The minimum Gasteiger partial charge on any atom is -0.356 e. The number of nitro groups is 1. The Bertz CT molecular complexity index is 699. The fraction of sp³-hybridized carbons (Fsp3) is 0. The zero-order chi connectivity index (χ0) is 15.2. The maximum Gasteiger partial charge on any atom is 0.294 e. The summed E-state index contributed by atoms with van der Waals surface area (Å²) in [6.45, 7) is 0. The molecule has 0 spiro atoms. The zero-order valence-electron chi connectivity index (χ0n) is 10.8. The predicted octanol–water partition coefficient (Wildman–Crippen LogP) is 4.06. The lowest BCUT2D eigenvalue weighted by Crippen LogP contribution is -1.98. The third kappa shape index (κ3) is 3.90. The molecule has 0 aliphatic heterocycles. The van der Waals surface area contributed by atoms with Crippen molar-refractivity contribution < 1.29 is 9.72 Å². The smallest absolute Gasteiger partial charge is 0.294 e. The first-order chi connectivity index (χ1) is 10.1. The number of carbonyl (C=O) groups is 1. The van der Waals surface area contributed by atoms with E-state index >= 15 is 0 Å². The van der Waals surface area contributed by atoms with E-state index in [1.807, 2.05) is 6.07 Å². The average Bonchev–Trinajstić information content (AvgIpc) is 2.49. The summed E-state index contributed by atoms with van der Waals surface area (Å²) in [5.41, 5.74) is 0.655. The number of hydrogen-bond acceptors (Lipinski definition) is 4. The molecule has 0 fully saturated rings. The Balaban J connectivity index is 2.11. The summed E-state index contributed by atoms with van der Waals surface area (Å²) in [7, 11) is 0. The van der Waals surface area contributed by atoms with E-state index < -0.39 is 4.92 Å². The molecule has 2 aromatic carbocycles. The second kappa shape index (κ2) is 6.67. The van der Waals surface area contributed by atoms with Crippen molar-refractivity contribution in [1.82, 2.24) is 0 Å². The van der Waals surface area contributed by atoms with E-state index in [0.29, 0.717) is 5.56 Å². The number of benzene rings is 2. The number of nitro benzene ring substituents is 1. The van der Waals surface area contributed by atoms with E-state index in [1.165, 1.54) is 30.5 Å². The van der Waals surface area contributed by atoms with Gasteiger partial charge in [-0.1, -0.05) is 41.9 Å². The van der Waals surface area contributed by atoms with Crippen LogP contribution in [0.15, 0.2) is 60.8 Å². The lowest BCUT2D eigenvalue weighted by atomic mass is 10.1. The van der Waals surface area contributed by atoms with Crippen LogP contribution < -0.4 is 5.32 Å². The fourth-order valence-electron chi connectivity index (χ4n) is 1.68. The maximum atomic E-state index is 11.8. The van der Waals surface area contributed by atoms with Crippen molar-refractivity contribution in [2.75, 3.05) is 5.32 Å². The molecule has 0 aromatic heterocycles. The quantitative estimate of drug-likeness (QED) is 0.391. The van der Waals surface area contributed by atoms with Crippen molar-refractivity contribution in [3.8, 4) is 0 Å². The molecule has 6 heteroatoms. The third-order valence-corrected chi connectivity index (χ3v) is 2.92. The van der Waals surface area contributed by atoms with Gasteiger partial charge in [0.1, 0.15) is 5.69 Å². The normalized spacial score (nSPS) is 10.5. The number of carbonyl (C=O) groups excluding carboxylic acids is 1. The highest BCUT2D eigenvalue weighted by molar-refractivity contribution is 6.30. The second-order valence-corrected chi connectivity index (χ2v) is 4.56. The number of hydrogen-bond donors (Lipinski definition) is 1. The Hall–Kier alpha value is -2.66. The van der Waals surface area contributed by atoms with Crippen LogP contribution in [0.25, 0.3) is 0 Å². The summed E-state index contributed by atoms with van der Waals surface area (Å²) >= 11 is 5.72. The summed E-state index contributed by atoms with van der Waals surface area (Å²) < 4.78 is 0. The molecule has 2 rings (SSSR count). The van der Waals surface area contributed by atoms with Crippen LogP contribution in [-0.4, -0.2) is 10.7 Å². The van der Waals surface area contributed by atoms with Gasteiger partial charge in [-0.25, -0.2) is 0 Å². The Morgan fingerprint density at radius 1 is 1.19 bits per heavy atom. The molecular weight excluding hydrogens is 292 g/mol. The number of nitrogens with zero attached hydrogens (tertiary/aromatic N) is 1.